The first kappa shape index (κ1) is 18.4. The van der Waals surface area contributed by atoms with Crippen molar-refractivity contribution in [1.29, 1.82) is 0 Å². The normalized spacial score (nSPS) is 22.5. The molecule has 4 heteroatoms. The van der Waals surface area contributed by atoms with Crippen molar-refractivity contribution in [2.75, 3.05) is 0 Å². The molecule has 1 aliphatic carbocycles. The first-order valence-corrected chi connectivity index (χ1v) is 9.84. The second-order valence-corrected chi connectivity index (χ2v) is 8.15. The van der Waals surface area contributed by atoms with Crippen LogP contribution in [0.2, 0.25) is 0 Å². The van der Waals surface area contributed by atoms with Gasteiger partial charge in [0, 0.05) is 12.6 Å². The van der Waals surface area contributed by atoms with E-state index in [1.807, 2.05) is 6.07 Å². The van der Waals surface area contributed by atoms with Crippen LogP contribution >= 0.6 is 0 Å². The van der Waals surface area contributed by atoms with E-state index in [-0.39, 0.29) is 23.8 Å². The van der Waals surface area contributed by atoms with Gasteiger partial charge < -0.3 is 10.6 Å². The van der Waals surface area contributed by atoms with Crippen molar-refractivity contribution in [2.24, 2.45) is 11.8 Å². The highest BCUT2D eigenvalue weighted by molar-refractivity contribution is 5.82. The first-order valence-electron chi connectivity index (χ1n) is 9.84. The van der Waals surface area contributed by atoms with E-state index in [0.29, 0.717) is 18.9 Å². The third-order valence-corrected chi connectivity index (χ3v) is 5.89. The van der Waals surface area contributed by atoms with Crippen LogP contribution in [0.3, 0.4) is 0 Å². The highest BCUT2D eigenvalue weighted by Gasteiger charge is 2.28. The maximum atomic E-state index is 13.3. The molecule has 1 aromatic carbocycles. The summed E-state index contributed by atoms with van der Waals surface area (Å²) in [6, 6.07) is 4.89. The molecule has 0 radical (unpaired) electrons. The summed E-state index contributed by atoms with van der Waals surface area (Å²) in [4.78, 5) is 12.8. The predicted octanol–water partition coefficient (Wildman–Crippen LogP) is 3.95. The molecular weight excluding hydrogens is 315 g/mol. The molecule has 1 saturated carbocycles. The Morgan fingerprint density at radius 1 is 1.24 bits per heavy atom. The number of hydrogen-bond acceptors (Lipinski definition) is 2. The van der Waals surface area contributed by atoms with Crippen molar-refractivity contribution in [1.82, 2.24) is 10.6 Å². The van der Waals surface area contributed by atoms with E-state index >= 15 is 0 Å². The molecule has 0 spiro atoms. The summed E-state index contributed by atoms with van der Waals surface area (Å²) in [5, 5.41) is 6.57. The number of nitrogens with one attached hydrogen (secondary N) is 2. The van der Waals surface area contributed by atoms with Crippen LogP contribution < -0.4 is 10.6 Å². The summed E-state index contributed by atoms with van der Waals surface area (Å²) < 4.78 is 13.3. The molecule has 0 aromatic heterocycles. The van der Waals surface area contributed by atoms with E-state index in [9.17, 15) is 9.18 Å². The summed E-state index contributed by atoms with van der Waals surface area (Å²) in [5.41, 5.74) is 2.04. The average molecular weight is 346 g/mol. The second-order valence-electron chi connectivity index (χ2n) is 8.15. The Kier molecular flexibility index (Phi) is 6.10. The van der Waals surface area contributed by atoms with Gasteiger partial charge in [0.15, 0.2) is 0 Å². The molecule has 1 fully saturated rings. The van der Waals surface area contributed by atoms with Crippen LogP contribution in [0.25, 0.3) is 0 Å². The average Bonchev–Trinajstić information content (AvgIpc) is 2.61. The first-order chi connectivity index (χ1) is 12.0. The van der Waals surface area contributed by atoms with Crippen LogP contribution in [0.4, 0.5) is 4.39 Å². The molecular formula is C21H31FN2O. The number of rotatable bonds is 5. The lowest BCUT2D eigenvalue weighted by atomic mass is 9.82. The van der Waals surface area contributed by atoms with Gasteiger partial charge in [-0.3, -0.25) is 4.79 Å². The zero-order chi connectivity index (χ0) is 17.8. The molecule has 0 bridgehead atoms. The van der Waals surface area contributed by atoms with Crippen molar-refractivity contribution < 1.29 is 9.18 Å². The van der Waals surface area contributed by atoms with Crippen molar-refractivity contribution in [3.05, 3.63) is 35.1 Å². The van der Waals surface area contributed by atoms with Crippen LogP contribution in [0, 0.1) is 17.7 Å². The Morgan fingerprint density at radius 3 is 2.72 bits per heavy atom. The molecule has 2 N–H and O–H groups in total. The zero-order valence-electron chi connectivity index (χ0n) is 15.5. The Bertz CT molecular complexity index is 596. The summed E-state index contributed by atoms with van der Waals surface area (Å²) in [6.07, 6.45) is 8.37. The lowest BCUT2D eigenvalue weighted by Crippen LogP contribution is -2.52. The fourth-order valence-electron chi connectivity index (χ4n) is 4.23. The second kappa shape index (κ2) is 8.31. The van der Waals surface area contributed by atoms with E-state index in [1.54, 1.807) is 6.07 Å². The molecule has 0 unspecified atom stereocenters. The van der Waals surface area contributed by atoms with E-state index < -0.39 is 0 Å². The van der Waals surface area contributed by atoms with E-state index in [2.05, 4.69) is 24.5 Å². The van der Waals surface area contributed by atoms with Gasteiger partial charge in [0.05, 0.1) is 6.04 Å². The molecule has 3 rings (SSSR count). The minimum Gasteiger partial charge on any atom is -0.352 e. The molecule has 1 amide bonds. The topological polar surface area (TPSA) is 41.1 Å². The number of benzene rings is 1. The van der Waals surface area contributed by atoms with Crippen molar-refractivity contribution in [2.45, 2.75) is 77.4 Å². The Morgan fingerprint density at radius 2 is 2.00 bits per heavy atom. The third-order valence-electron chi connectivity index (χ3n) is 5.89. The van der Waals surface area contributed by atoms with Gasteiger partial charge in [-0.15, -0.1) is 0 Å². The molecule has 2 aliphatic rings. The van der Waals surface area contributed by atoms with Crippen molar-refractivity contribution >= 4 is 5.91 Å². The summed E-state index contributed by atoms with van der Waals surface area (Å²) in [5.74, 6) is 1.07. The number of hydrogen-bond donors (Lipinski definition) is 2. The molecule has 25 heavy (non-hydrogen) atoms. The highest BCUT2D eigenvalue weighted by Crippen LogP contribution is 2.29. The van der Waals surface area contributed by atoms with Crippen molar-refractivity contribution in [3.8, 4) is 0 Å². The lowest BCUT2D eigenvalue weighted by molar-refractivity contribution is -0.124. The Balaban J connectivity index is 1.58. The third kappa shape index (κ3) is 4.81. The molecule has 138 valence electrons. The van der Waals surface area contributed by atoms with E-state index in [4.69, 9.17) is 0 Å². The number of fused-ring (bicyclic) bond motifs is 1. The van der Waals surface area contributed by atoms with Gasteiger partial charge in [0.1, 0.15) is 5.82 Å². The van der Waals surface area contributed by atoms with E-state index in [1.165, 1.54) is 38.2 Å². The SMILES string of the molecule is CC(C)[C@@H](CC1CCCCC1)NC(=O)[C@H]1Cc2ccc(F)cc2CN1. The molecule has 1 aromatic rings. The van der Waals surface area contributed by atoms with Crippen LogP contribution in [-0.2, 0) is 17.8 Å². The van der Waals surface area contributed by atoms with Gasteiger partial charge in [-0.1, -0.05) is 52.0 Å². The minimum atomic E-state index is -0.217. The molecule has 1 aliphatic heterocycles. The van der Waals surface area contributed by atoms with Crippen LogP contribution in [0.1, 0.15) is 63.5 Å². The van der Waals surface area contributed by atoms with E-state index in [0.717, 1.165) is 23.5 Å². The molecule has 0 saturated heterocycles. The monoisotopic (exact) mass is 346 g/mol. The summed E-state index contributed by atoms with van der Waals surface area (Å²) in [6.45, 7) is 4.94. The molecule has 1 heterocycles. The van der Waals surface area contributed by atoms with Gasteiger partial charge in [0.2, 0.25) is 5.91 Å². The van der Waals surface area contributed by atoms with Crippen LogP contribution in [0.5, 0.6) is 0 Å². The van der Waals surface area contributed by atoms with Gasteiger partial charge in [-0.05, 0) is 47.9 Å². The van der Waals surface area contributed by atoms with Crippen LogP contribution in [-0.4, -0.2) is 18.0 Å². The van der Waals surface area contributed by atoms with Crippen molar-refractivity contribution in [3.63, 3.8) is 0 Å². The summed E-state index contributed by atoms with van der Waals surface area (Å²) in [7, 11) is 0. The largest absolute Gasteiger partial charge is 0.352 e. The molecule has 3 nitrogen and oxygen atoms in total. The lowest BCUT2D eigenvalue weighted by Gasteiger charge is -2.32. The maximum Gasteiger partial charge on any atom is 0.237 e. The summed E-state index contributed by atoms with van der Waals surface area (Å²) >= 11 is 0. The fourth-order valence-corrected chi connectivity index (χ4v) is 4.23. The number of carbonyl (C=O) groups is 1. The number of amides is 1. The van der Waals surface area contributed by atoms with Crippen LogP contribution in [0.15, 0.2) is 18.2 Å². The number of carbonyl (C=O) groups excluding carboxylic acids is 1. The fraction of sp³-hybridized carbons (Fsp3) is 0.667. The smallest absolute Gasteiger partial charge is 0.237 e. The zero-order valence-corrected chi connectivity index (χ0v) is 15.5. The standard InChI is InChI=1S/C21H31FN2O/c1-14(2)19(10-15-6-4-3-5-7-15)24-21(25)20-12-16-8-9-18(22)11-17(16)13-23-20/h8-9,11,14-15,19-20,23H,3-7,10,12-13H2,1-2H3,(H,24,25)/t19-,20-/m1/s1. The number of halogens is 1. The molecule has 2 atom stereocenters. The predicted molar refractivity (Wildman–Crippen MR) is 98.7 cm³/mol. The Hall–Kier alpha value is -1.42. The van der Waals surface area contributed by atoms with Gasteiger partial charge in [-0.25, -0.2) is 4.39 Å². The minimum absolute atomic E-state index is 0.0875. The van der Waals surface area contributed by atoms with Gasteiger partial charge in [-0.2, -0.15) is 0 Å². The highest BCUT2D eigenvalue weighted by atomic mass is 19.1. The Labute approximate surface area is 150 Å². The quantitative estimate of drug-likeness (QED) is 0.847. The van der Waals surface area contributed by atoms with Gasteiger partial charge in [0.25, 0.3) is 0 Å². The van der Waals surface area contributed by atoms with Gasteiger partial charge >= 0.3 is 0 Å². The maximum absolute atomic E-state index is 13.3.